The van der Waals surface area contributed by atoms with Crippen molar-refractivity contribution in [3.05, 3.63) is 66.0 Å². The Hall–Kier alpha value is -2.67. The van der Waals surface area contributed by atoms with Gasteiger partial charge in [-0.05, 0) is 35.9 Å². The van der Waals surface area contributed by atoms with Crippen LogP contribution in [-0.4, -0.2) is 42.1 Å². The summed E-state index contributed by atoms with van der Waals surface area (Å²) in [5.74, 6) is -0.219. The van der Waals surface area contributed by atoms with Gasteiger partial charge >= 0.3 is 0 Å². The van der Waals surface area contributed by atoms with E-state index in [1.165, 1.54) is 4.90 Å². The maximum absolute atomic E-state index is 12.5. The standard InChI is InChI=1S/C17H17N3O3S/c1-19(12-13-6-5-8-15(10-13)24(2,22)23)17(21)16-11-14-7-3-4-9-20(14)18-16/h3-11H,12H2,1-2H3. The highest BCUT2D eigenvalue weighted by molar-refractivity contribution is 7.90. The number of benzene rings is 1. The van der Waals surface area contributed by atoms with E-state index in [0.717, 1.165) is 17.3 Å². The summed E-state index contributed by atoms with van der Waals surface area (Å²) < 4.78 is 24.9. The lowest BCUT2D eigenvalue weighted by molar-refractivity contribution is 0.0779. The molecule has 24 heavy (non-hydrogen) atoms. The van der Waals surface area contributed by atoms with Crippen molar-refractivity contribution < 1.29 is 13.2 Å². The third-order valence-corrected chi connectivity index (χ3v) is 4.79. The van der Waals surface area contributed by atoms with E-state index in [4.69, 9.17) is 0 Å². The molecule has 0 spiro atoms. The van der Waals surface area contributed by atoms with Crippen LogP contribution in [0.3, 0.4) is 0 Å². The molecule has 6 nitrogen and oxygen atoms in total. The van der Waals surface area contributed by atoms with Crippen LogP contribution < -0.4 is 0 Å². The van der Waals surface area contributed by atoms with E-state index < -0.39 is 9.84 Å². The van der Waals surface area contributed by atoms with Gasteiger partial charge in [-0.25, -0.2) is 12.9 Å². The van der Waals surface area contributed by atoms with Crippen molar-refractivity contribution in [2.75, 3.05) is 13.3 Å². The maximum Gasteiger partial charge on any atom is 0.274 e. The zero-order valence-electron chi connectivity index (χ0n) is 13.4. The number of fused-ring (bicyclic) bond motifs is 1. The molecule has 0 aliphatic rings. The van der Waals surface area contributed by atoms with Gasteiger partial charge in [0.25, 0.3) is 5.91 Å². The van der Waals surface area contributed by atoms with Crippen LogP contribution in [0.15, 0.2) is 59.6 Å². The zero-order valence-corrected chi connectivity index (χ0v) is 14.2. The van der Waals surface area contributed by atoms with Gasteiger partial charge in [0.1, 0.15) is 0 Å². The highest BCUT2D eigenvalue weighted by Gasteiger charge is 2.16. The highest BCUT2D eigenvalue weighted by Crippen LogP contribution is 2.14. The first-order valence-corrected chi connectivity index (χ1v) is 9.22. The number of carbonyl (C=O) groups is 1. The van der Waals surface area contributed by atoms with E-state index >= 15 is 0 Å². The number of nitrogens with zero attached hydrogens (tertiary/aromatic N) is 3. The molecule has 1 amide bonds. The lowest BCUT2D eigenvalue weighted by Crippen LogP contribution is -2.26. The summed E-state index contributed by atoms with van der Waals surface area (Å²) >= 11 is 0. The predicted molar refractivity (Wildman–Crippen MR) is 90.5 cm³/mol. The fraction of sp³-hybridized carbons (Fsp3) is 0.176. The fourth-order valence-corrected chi connectivity index (χ4v) is 3.15. The molecule has 3 aromatic rings. The van der Waals surface area contributed by atoms with E-state index in [1.54, 1.807) is 48.1 Å². The average Bonchev–Trinajstić information content (AvgIpc) is 2.97. The Kier molecular flexibility index (Phi) is 4.11. The van der Waals surface area contributed by atoms with E-state index in [2.05, 4.69) is 5.10 Å². The molecular formula is C17H17N3O3S. The molecule has 0 unspecified atom stereocenters. The quantitative estimate of drug-likeness (QED) is 0.726. The van der Waals surface area contributed by atoms with Gasteiger partial charge in [0, 0.05) is 26.0 Å². The Bertz CT molecular complexity index is 976. The minimum absolute atomic E-state index is 0.219. The van der Waals surface area contributed by atoms with E-state index in [1.807, 2.05) is 18.2 Å². The van der Waals surface area contributed by atoms with E-state index in [-0.39, 0.29) is 10.8 Å². The molecule has 0 aliphatic carbocycles. The molecule has 3 rings (SSSR count). The maximum atomic E-state index is 12.5. The highest BCUT2D eigenvalue weighted by atomic mass is 32.2. The van der Waals surface area contributed by atoms with E-state index in [0.29, 0.717) is 12.2 Å². The van der Waals surface area contributed by atoms with E-state index in [9.17, 15) is 13.2 Å². The van der Waals surface area contributed by atoms with Crippen LogP contribution in [0.1, 0.15) is 16.1 Å². The molecule has 0 aliphatic heterocycles. The second-order valence-electron chi connectivity index (χ2n) is 5.68. The number of aromatic nitrogens is 2. The Morgan fingerprint density at radius 3 is 2.67 bits per heavy atom. The average molecular weight is 343 g/mol. The molecule has 2 heterocycles. The van der Waals surface area contributed by atoms with Gasteiger partial charge in [-0.3, -0.25) is 4.79 Å². The summed E-state index contributed by atoms with van der Waals surface area (Å²) in [5, 5.41) is 4.26. The SMILES string of the molecule is CN(Cc1cccc(S(C)(=O)=O)c1)C(=O)c1cc2ccccn2n1. The second kappa shape index (κ2) is 6.09. The Labute approximate surface area is 140 Å². The van der Waals surface area contributed by atoms with Gasteiger partial charge in [0.15, 0.2) is 15.5 Å². The second-order valence-corrected chi connectivity index (χ2v) is 7.70. The number of carbonyl (C=O) groups excluding carboxylic acids is 1. The number of pyridine rings is 1. The molecule has 0 N–H and O–H groups in total. The zero-order chi connectivity index (χ0) is 17.3. The van der Waals surface area contributed by atoms with Crippen molar-refractivity contribution in [2.24, 2.45) is 0 Å². The minimum Gasteiger partial charge on any atom is -0.336 e. The number of sulfone groups is 1. The number of amides is 1. The first-order valence-electron chi connectivity index (χ1n) is 7.33. The first kappa shape index (κ1) is 16.2. The fourth-order valence-electron chi connectivity index (χ4n) is 2.46. The Morgan fingerprint density at radius 1 is 1.17 bits per heavy atom. The van der Waals surface area contributed by atoms with Crippen LogP contribution in [0.25, 0.3) is 5.52 Å². The summed E-state index contributed by atoms with van der Waals surface area (Å²) in [5.41, 5.74) is 1.94. The van der Waals surface area contributed by atoms with Crippen molar-refractivity contribution in [1.29, 1.82) is 0 Å². The molecule has 0 saturated heterocycles. The topological polar surface area (TPSA) is 71.8 Å². The third-order valence-electron chi connectivity index (χ3n) is 3.68. The predicted octanol–water partition coefficient (Wildman–Crippen LogP) is 2.01. The van der Waals surface area contributed by atoms with Crippen molar-refractivity contribution in [1.82, 2.24) is 14.5 Å². The van der Waals surface area contributed by atoms with Gasteiger partial charge in [-0.1, -0.05) is 18.2 Å². The van der Waals surface area contributed by atoms with Crippen molar-refractivity contribution in [3.63, 3.8) is 0 Å². The van der Waals surface area contributed by atoms with Crippen LogP contribution in [0.4, 0.5) is 0 Å². The van der Waals surface area contributed by atoms with Gasteiger partial charge in [-0.2, -0.15) is 5.10 Å². The van der Waals surface area contributed by atoms with Gasteiger partial charge in [0.05, 0.1) is 10.4 Å². The molecule has 0 bridgehead atoms. The third kappa shape index (κ3) is 3.30. The molecule has 0 saturated carbocycles. The lowest BCUT2D eigenvalue weighted by Gasteiger charge is -2.16. The van der Waals surface area contributed by atoms with Crippen LogP contribution >= 0.6 is 0 Å². The number of rotatable bonds is 4. The summed E-state index contributed by atoms with van der Waals surface area (Å²) in [6, 6.07) is 13.9. The molecule has 0 atom stereocenters. The molecule has 0 fully saturated rings. The van der Waals surface area contributed by atoms with Gasteiger partial charge < -0.3 is 4.90 Å². The Morgan fingerprint density at radius 2 is 1.96 bits per heavy atom. The molecule has 124 valence electrons. The largest absolute Gasteiger partial charge is 0.336 e. The minimum atomic E-state index is -3.27. The molecular weight excluding hydrogens is 326 g/mol. The summed E-state index contributed by atoms with van der Waals surface area (Å²) in [4.78, 5) is 14.3. The monoisotopic (exact) mass is 343 g/mol. The Balaban J connectivity index is 1.81. The molecule has 2 aromatic heterocycles. The van der Waals surface area contributed by atoms with Crippen LogP contribution in [0, 0.1) is 0 Å². The number of hydrogen-bond donors (Lipinski definition) is 0. The van der Waals surface area contributed by atoms with Crippen LogP contribution in [0.5, 0.6) is 0 Å². The smallest absolute Gasteiger partial charge is 0.274 e. The normalized spacial score (nSPS) is 11.6. The van der Waals surface area contributed by atoms with Gasteiger partial charge in [-0.15, -0.1) is 0 Å². The summed E-state index contributed by atoms with van der Waals surface area (Å²) in [7, 11) is -1.60. The summed E-state index contributed by atoms with van der Waals surface area (Å²) in [6.45, 7) is 0.302. The number of hydrogen-bond acceptors (Lipinski definition) is 4. The van der Waals surface area contributed by atoms with Gasteiger partial charge in [0.2, 0.25) is 0 Å². The molecule has 0 radical (unpaired) electrons. The van der Waals surface area contributed by atoms with Crippen molar-refractivity contribution in [2.45, 2.75) is 11.4 Å². The van der Waals surface area contributed by atoms with Crippen LogP contribution in [-0.2, 0) is 16.4 Å². The van der Waals surface area contributed by atoms with Crippen molar-refractivity contribution >= 4 is 21.3 Å². The molecule has 1 aromatic carbocycles. The lowest BCUT2D eigenvalue weighted by atomic mass is 10.2. The van der Waals surface area contributed by atoms with Crippen LogP contribution in [0.2, 0.25) is 0 Å². The first-order chi connectivity index (χ1) is 11.3. The van der Waals surface area contributed by atoms with Crippen molar-refractivity contribution in [3.8, 4) is 0 Å². The summed E-state index contributed by atoms with van der Waals surface area (Å²) in [6.07, 6.45) is 2.94. The molecule has 7 heteroatoms.